The molecular formula is C20H22O6. The molecule has 0 saturated heterocycles. The van der Waals surface area contributed by atoms with Crippen molar-refractivity contribution in [3.05, 3.63) is 58.7 Å². The van der Waals surface area contributed by atoms with E-state index in [0.717, 1.165) is 11.1 Å². The van der Waals surface area contributed by atoms with Crippen LogP contribution in [0.4, 0.5) is 0 Å². The Bertz CT molecular complexity index is 797. The third-order valence-electron chi connectivity index (χ3n) is 3.84. The van der Waals surface area contributed by atoms with Gasteiger partial charge in [0.2, 0.25) is 0 Å². The Labute approximate surface area is 152 Å². The summed E-state index contributed by atoms with van der Waals surface area (Å²) in [5.41, 5.74) is 2.57. The Morgan fingerprint density at radius 3 is 1.85 bits per heavy atom. The largest absolute Gasteiger partial charge is 0.490 e. The monoisotopic (exact) mass is 358 g/mol. The van der Waals surface area contributed by atoms with Crippen molar-refractivity contribution < 1.29 is 28.5 Å². The van der Waals surface area contributed by atoms with Crippen molar-refractivity contribution in [2.45, 2.75) is 13.8 Å². The SMILES string of the molecule is COC(=O)c1ccc(OCCOc2ccc(C)c(C(=O)OC)c2)cc1C. The third kappa shape index (κ3) is 4.75. The highest BCUT2D eigenvalue weighted by atomic mass is 16.5. The molecule has 0 bridgehead atoms. The van der Waals surface area contributed by atoms with E-state index < -0.39 is 5.97 Å². The Morgan fingerprint density at radius 2 is 1.27 bits per heavy atom. The van der Waals surface area contributed by atoms with Gasteiger partial charge in [0, 0.05) is 0 Å². The van der Waals surface area contributed by atoms with Crippen molar-refractivity contribution in [3.8, 4) is 11.5 Å². The zero-order valence-corrected chi connectivity index (χ0v) is 15.3. The number of rotatable bonds is 7. The number of benzene rings is 2. The van der Waals surface area contributed by atoms with Crippen LogP contribution in [-0.4, -0.2) is 39.4 Å². The summed E-state index contributed by atoms with van der Waals surface area (Å²) in [7, 11) is 2.69. The van der Waals surface area contributed by atoms with Gasteiger partial charge in [-0.2, -0.15) is 0 Å². The zero-order chi connectivity index (χ0) is 19.1. The van der Waals surface area contributed by atoms with Gasteiger partial charge in [0.05, 0.1) is 25.3 Å². The van der Waals surface area contributed by atoms with E-state index in [9.17, 15) is 9.59 Å². The first kappa shape index (κ1) is 19.3. The van der Waals surface area contributed by atoms with Crippen molar-refractivity contribution in [2.75, 3.05) is 27.4 Å². The molecule has 0 radical (unpaired) electrons. The van der Waals surface area contributed by atoms with E-state index in [0.29, 0.717) is 35.8 Å². The number of methoxy groups -OCH3 is 2. The van der Waals surface area contributed by atoms with Gasteiger partial charge in [0.1, 0.15) is 24.7 Å². The van der Waals surface area contributed by atoms with Gasteiger partial charge in [-0.05, 0) is 55.3 Å². The van der Waals surface area contributed by atoms with Gasteiger partial charge >= 0.3 is 11.9 Å². The van der Waals surface area contributed by atoms with Gasteiger partial charge in [-0.15, -0.1) is 0 Å². The van der Waals surface area contributed by atoms with Crippen LogP contribution in [-0.2, 0) is 9.47 Å². The molecule has 0 amide bonds. The molecule has 2 aromatic carbocycles. The van der Waals surface area contributed by atoms with E-state index >= 15 is 0 Å². The van der Waals surface area contributed by atoms with Crippen LogP contribution < -0.4 is 9.47 Å². The molecule has 0 spiro atoms. The molecule has 138 valence electrons. The van der Waals surface area contributed by atoms with Gasteiger partial charge in [-0.3, -0.25) is 0 Å². The lowest BCUT2D eigenvalue weighted by atomic mass is 10.1. The molecule has 0 unspecified atom stereocenters. The fourth-order valence-electron chi connectivity index (χ4n) is 2.40. The quantitative estimate of drug-likeness (QED) is 0.558. The molecule has 0 aliphatic carbocycles. The van der Waals surface area contributed by atoms with E-state index in [2.05, 4.69) is 0 Å². The van der Waals surface area contributed by atoms with Gasteiger partial charge in [-0.25, -0.2) is 9.59 Å². The maximum absolute atomic E-state index is 11.7. The zero-order valence-electron chi connectivity index (χ0n) is 15.3. The lowest BCUT2D eigenvalue weighted by Gasteiger charge is -2.11. The van der Waals surface area contributed by atoms with Crippen molar-refractivity contribution in [3.63, 3.8) is 0 Å². The second kappa shape index (κ2) is 8.89. The van der Waals surface area contributed by atoms with E-state index in [1.807, 2.05) is 13.8 Å². The number of hydrogen-bond donors (Lipinski definition) is 0. The first-order valence-corrected chi connectivity index (χ1v) is 8.09. The topological polar surface area (TPSA) is 71.1 Å². The highest BCUT2D eigenvalue weighted by Gasteiger charge is 2.11. The Kier molecular flexibility index (Phi) is 6.60. The standard InChI is InChI=1S/C20H22O6/c1-13-5-6-16(12-18(13)20(22)24-4)26-10-9-25-15-7-8-17(14(2)11-15)19(21)23-3/h5-8,11-12H,9-10H2,1-4H3. The summed E-state index contributed by atoms with van der Waals surface area (Å²) in [5.74, 6) is 0.429. The number of ether oxygens (including phenoxy) is 4. The summed E-state index contributed by atoms with van der Waals surface area (Å²) in [6.45, 7) is 4.27. The number of carbonyl (C=O) groups is 2. The summed E-state index contributed by atoms with van der Waals surface area (Å²) < 4.78 is 20.7. The smallest absolute Gasteiger partial charge is 0.338 e. The molecular weight excluding hydrogens is 336 g/mol. The van der Waals surface area contributed by atoms with E-state index in [1.165, 1.54) is 14.2 Å². The van der Waals surface area contributed by atoms with Crippen molar-refractivity contribution in [1.82, 2.24) is 0 Å². The molecule has 0 aliphatic heterocycles. The Morgan fingerprint density at radius 1 is 0.731 bits per heavy atom. The predicted molar refractivity (Wildman–Crippen MR) is 96.0 cm³/mol. The molecule has 0 atom stereocenters. The van der Waals surface area contributed by atoms with Crippen molar-refractivity contribution in [1.29, 1.82) is 0 Å². The highest BCUT2D eigenvalue weighted by Crippen LogP contribution is 2.20. The Hall–Kier alpha value is -3.02. The second-order valence-electron chi connectivity index (χ2n) is 5.63. The second-order valence-corrected chi connectivity index (χ2v) is 5.63. The fraction of sp³-hybridized carbons (Fsp3) is 0.300. The minimum absolute atomic E-state index is 0.307. The maximum atomic E-state index is 11.7. The van der Waals surface area contributed by atoms with Gasteiger partial charge in [0.25, 0.3) is 0 Å². The van der Waals surface area contributed by atoms with Gasteiger partial charge in [-0.1, -0.05) is 6.07 Å². The third-order valence-corrected chi connectivity index (χ3v) is 3.84. The molecule has 6 heteroatoms. The molecule has 6 nitrogen and oxygen atoms in total. The number of aryl methyl sites for hydroxylation is 2. The van der Waals surface area contributed by atoms with E-state index in [1.54, 1.807) is 36.4 Å². The van der Waals surface area contributed by atoms with Crippen molar-refractivity contribution in [2.24, 2.45) is 0 Å². The number of carbonyl (C=O) groups excluding carboxylic acids is 2. The van der Waals surface area contributed by atoms with E-state index in [4.69, 9.17) is 18.9 Å². The summed E-state index contributed by atoms with van der Waals surface area (Å²) in [4.78, 5) is 23.3. The summed E-state index contributed by atoms with van der Waals surface area (Å²) in [5, 5.41) is 0. The average molecular weight is 358 g/mol. The maximum Gasteiger partial charge on any atom is 0.338 e. The molecule has 0 heterocycles. The van der Waals surface area contributed by atoms with Crippen LogP contribution in [0.15, 0.2) is 36.4 Å². The molecule has 2 aromatic rings. The molecule has 2 rings (SSSR count). The predicted octanol–water partition coefficient (Wildman–Crippen LogP) is 3.33. The van der Waals surface area contributed by atoms with Gasteiger partial charge in [0.15, 0.2) is 0 Å². The first-order chi connectivity index (χ1) is 12.5. The fourth-order valence-corrected chi connectivity index (χ4v) is 2.40. The highest BCUT2D eigenvalue weighted by molar-refractivity contribution is 5.91. The summed E-state index contributed by atoms with van der Waals surface area (Å²) in [6.07, 6.45) is 0. The molecule has 0 saturated carbocycles. The minimum Gasteiger partial charge on any atom is -0.490 e. The number of hydrogen-bond acceptors (Lipinski definition) is 6. The minimum atomic E-state index is -0.398. The van der Waals surface area contributed by atoms with Crippen LogP contribution in [0.5, 0.6) is 11.5 Å². The molecule has 0 aliphatic rings. The van der Waals surface area contributed by atoms with Crippen LogP contribution in [0.25, 0.3) is 0 Å². The lowest BCUT2D eigenvalue weighted by molar-refractivity contribution is 0.0590. The molecule has 0 aromatic heterocycles. The van der Waals surface area contributed by atoms with E-state index in [-0.39, 0.29) is 5.97 Å². The summed E-state index contributed by atoms with van der Waals surface area (Å²) in [6, 6.07) is 10.4. The van der Waals surface area contributed by atoms with Crippen LogP contribution >= 0.6 is 0 Å². The molecule has 0 N–H and O–H groups in total. The van der Waals surface area contributed by atoms with Crippen LogP contribution in [0, 0.1) is 13.8 Å². The average Bonchev–Trinajstić information content (AvgIpc) is 2.65. The van der Waals surface area contributed by atoms with Crippen LogP contribution in [0.1, 0.15) is 31.8 Å². The molecule has 26 heavy (non-hydrogen) atoms. The normalized spacial score (nSPS) is 10.2. The molecule has 0 fully saturated rings. The first-order valence-electron chi connectivity index (χ1n) is 8.09. The van der Waals surface area contributed by atoms with Crippen LogP contribution in [0.3, 0.4) is 0 Å². The summed E-state index contributed by atoms with van der Waals surface area (Å²) >= 11 is 0. The lowest BCUT2D eigenvalue weighted by Crippen LogP contribution is -2.11. The number of esters is 2. The van der Waals surface area contributed by atoms with Crippen LogP contribution in [0.2, 0.25) is 0 Å². The van der Waals surface area contributed by atoms with Crippen molar-refractivity contribution >= 4 is 11.9 Å². The Balaban J connectivity index is 1.90. The van der Waals surface area contributed by atoms with Gasteiger partial charge < -0.3 is 18.9 Å².